The van der Waals surface area contributed by atoms with Gasteiger partial charge >= 0.3 is 6.18 Å². The van der Waals surface area contributed by atoms with Crippen molar-refractivity contribution in [2.24, 2.45) is 0 Å². The number of nitriles is 1. The van der Waals surface area contributed by atoms with E-state index >= 15 is 0 Å². The van der Waals surface area contributed by atoms with E-state index in [2.05, 4.69) is 5.32 Å². The van der Waals surface area contributed by atoms with E-state index in [-0.39, 0.29) is 5.56 Å². The molecule has 0 fully saturated rings. The molecule has 0 spiro atoms. The van der Waals surface area contributed by atoms with Crippen LogP contribution < -0.4 is 10.2 Å². The Morgan fingerprint density at radius 2 is 2.06 bits per heavy atom. The van der Waals surface area contributed by atoms with Crippen molar-refractivity contribution in [1.82, 2.24) is 5.32 Å². The highest BCUT2D eigenvalue weighted by Crippen LogP contribution is 2.34. The number of anilines is 1. The number of nitrogens with zero attached hydrogens (tertiary/aromatic N) is 2. The van der Waals surface area contributed by atoms with Crippen molar-refractivity contribution < 1.29 is 13.2 Å². The van der Waals surface area contributed by atoms with Gasteiger partial charge in [0.05, 0.1) is 17.2 Å². The van der Waals surface area contributed by atoms with Gasteiger partial charge < -0.3 is 10.2 Å². The summed E-state index contributed by atoms with van der Waals surface area (Å²) in [4.78, 5) is 1.70. The van der Waals surface area contributed by atoms with Crippen LogP contribution in [0.3, 0.4) is 0 Å². The summed E-state index contributed by atoms with van der Waals surface area (Å²) in [5.41, 5.74) is -0.802. The number of halogens is 3. The first-order valence-electron chi connectivity index (χ1n) is 5.37. The number of alkyl halides is 3. The van der Waals surface area contributed by atoms with Crippen LogP contribution in [0.4, 0.5) is 18.9 Å². The number of hydrogen-bond donors (Lipinski definition) is 1. The number of rotatable bonds is 4. The van der Waals surface area contributed by atoms with Crippen LogP contribution in [0.25, 0.3) is 0 Å². The van der Waals surface area contributed by atoms with Crippen LogP contribution >= 0.6 is 0 Å². The van der Waals surface area contributed by atoms with Crippen molar-refractivity contribution in [3.63, 3.8) is 0 Å². The topological polar surface area (TPSA) is 39.1 Å². The fourth-order valence-corrected chi connectivity index (χ4v) is 1.51. The molecule has 0 radical (unpaired) electrons. The second kappa shape index (κ2) is 5.74. The predicted molar refractivity (Wildman–Crippen MR) is 63.4 cm³/mol. The van der Waals surface area contributed by atoms with Gasteiger partial charge in [0.25, 0.3) is 0 Å². The van der Waals surface area contributed by atoms with Gasteiger partial charge in [-0.1, -0.05) is 0 Å². The Morgan fingerprint density at radius 1 is 1.39 bits per heavy atom. The lowest BCUT2D eigenvalue weighted by molar-refractivity contribution is -0.137. The molecule has 0 saturated carbocycles. The van der Waals surface area contributed by atoms with Gasteiger partial charge in [0.15, 0.2) is 0 Å². The number of likely N-dealkylation sites (N-methyl/N-ethyl adjacent to an activating group) is 2. The SMILES string of the molecule is CNCCN(C)c1ccc(C#N)c(C(F)(F)F)c1. The minimum atomic E-state index is -4.51. The summed E-state index contributed by atoms with van der Waals surface area (Å²) in [6.07, 6.45) is -4.51. The normalized spacial score (nSPS) is 11.1. The molecule has 6 heteroatoms. The van der Waals surface area contributed by atoms with Crippen molar-refractivity contribution in [3.8, 4) is 6.07 Å². The van der Waals surface area contributed by atoms with Gasteiger partial charge in [0.1, 0.15) is 0 Å². The molecule has 0 aliphatic rings. The van der Waals surface area contributed by atoms with Gasteiger partial charge in [0.2, 0.25) is 0 Å². The molecule has 0 heterocycles. The molecule has 0 aliphatic heterocycles. The number of hydrogen-bond acceptors (Lipinski definition) is 3. The lowest BCUT2D eigenvalue weighted by atomic mass is 10.1. The Bertz CT molecular complexity index is 449. The zero-order valence-electron chi connectivity index (χ0n) is 10.2. The molecule has 98 valence electrons. The van der Waals surface area contributed by atoms with Crippen LogP contribution in [0.1, 0.15) is 11.1 Å². The van der Waals surface area contributed by atoms with Gasteiger partial charge in [0, 0.05) is 25.8 Å². The third kappa shape index (κ3) is 3.37. The van der Waals surface area contributed by atoms with E-state index in [0.29, 0.717) is 18.8 Å². The van der Waals surface area contributed by atoms with Gasteiger partial charge in [-0.25, -0.2) is 0 Å². The first-order chi connectivity index (χ1) is 8.40. The molecule has 0 aliphatic carbocycles. The standard InChI is InChI=1S/C12H14F3N3/c1-17-5-6-18(2)10-4-3-9(8-16)11(7-10)12(13,14)15/h3-4,7,17H,5-6H2,1-2H3. The van der Waals surface area contributed by atoms with Crippen LogP contribution in [0.15, 0.2) is 18.2 Å². The van der Waals surface area contributed by atoms with E-state index < -0.39 is 11.7 Å². The van der Waals surface area contributed by atoms with E-state index in [1.54, 1.807) is 25.1 Å². The van der Waals surface area contributed by atoms with Gasteiger partial charge in [-0.2, -0.15) is 18.4 Å². The van der Waals surface area contributed by atoms with E-state index in [1.807, 2.05) is 0 Å². The van der Waals surface area contributed by atoms with Crippen LogP contribution in [0, 0.1) is 11.3 Å². The van der Waals surface area contributed by atoms with E-state index in [1.165, 1.54) is 12.1 Å². The lowest BCUT2D eigenvalue weighted by Gasteiger charge is -2.20. The Morgan fingerprint density at radius 3 is 2.56 bits per heavy atom. The van der Waals surface area contributed by atoms with E-state index in [4.69, 9.17) is 5.26 Å². The van der Waals surface area contributed by atoms with E-state index in [9.17, 15) is 13.2 Å². The second-order valence-corrected chi connectivity index (χ2v) is 3.86. The Balaban J connectivity index is 3.08. The summed E-state index contributed by atoms with van der Waals surface area (Å²) in [5, 5.41) is 11.6. The van der Waals surface area contributed by atoms with E-state index in [0.717, 1.165) is 6.07 Å². The summed E-state index contributed by atoms with van der Waals surface area (Å²) in [5.74, 6) is 0. The molecular formula is C12H14F3N3. The summed E-state index contributed by atoms with van der Waals surface area (Å²) >= 11 is 0. The van der Waals surface area contributed by atoms with Crippen molar-refractivity contribution >= 4 is 5.69 Å². The number of nitrogens with one attached hydrogen (secondary N) is 1. The minimum Gasteiger partial charge on any atom is -0.373 e. The molecule has 0 saturated heterocycles. The molecule has 0 aromatic heterocycles. The van der Waals surface area contributed by atoms with Crippen LogP contribution in [0.5, 0.6) is 0 Å². The smallest absolute Gasteiger partial charge is 0.373 e. The molecule has 1 N–H and O–H groups in total. The van der Waals surface area contributed by atoms with Crippen molar-refractivity contribution in [3.05, 3.63) is 29.3 Å². The second-order valence-electron chi connectivity index (χ2n) is 3.86. The molecule has 1 aromatic rings. The third-order valence-electron chi connectivity index (χ3n) is 2.57. The molecule has 1 aromatic carbocycles. The monoisotopic (exact) mass is 257 g/mol. The summed E-state index contributed by atoms with van der Waals surface area (Å²) in [7, 11) is 3.48. The summed E-state index contributed by atoms with van der Waals surface area (Å²) in [6.45, 7) is 1.25. The molecule has 0 unspecified atom stereocenters. The van der Waals surface area contributed by atoms with Crippen LogP contribution in [0.2, 0.25) is 0 Å². The zero-order chi connectivity index (χ0) is 13.8. The number of benzene rings is 1. The maximum Gasteiger partial charge on any atom is 0.417 e. The highest BCUT2D eigenvalue weighted by molar-refractivity contribution is 5.54. The lowest BCUT2D eigenvalue weighted by Crippen LogP contribution is -2.27. The van der Waals surface area contributed by atoms with Crippen LogP contribution in [-0.4, -0.2) is 27.2 Å². The summed E-state index contributed by atoms with van der Waals surface area (Å²) < 4.78 is 38.2. The Kier molecular flexibility index (Phi) is 4.56. The average molecular weight is 257 g/mol. The van der Waals surface area contributed by atoms with Crippen molar-refractivity contribution in [1.29, 1.82) is 5.26 Å². The maximum atomic E-state index is 12.7. The zero-order valence-corrected chi connectivity index (χ0v) is 10.2. The first-order valence-corrected chi connectivity index (χ1v) is 5.37. The van der Waals surface area contributed by atoms with Crippen molar-refractivity contribution in [2.45, 2.75) is 6.18 Å². The molecule has 3 nitrogen and oxygen atoms in total. The fraction of sp³-hybridized carbons (Fsp3) is 0.417. The van der Waals surface area contributed by atoms with Gasteiger partial charge in [-0.05, 0) is 25.2 Å². The summed E-state index contributed by atoms with van der Waals surface area (Å²) in [6, 6.07) is 5.29. The van der Waals surface area contributed by atoms with Gasteiger partial charge in [-0.3, -0.25) is 0 Å². The van der Waals surface area contributed by atoms with Crippen molar-refractivity contribution in [2.75, 3.05) is 32.1 Å². The molecule has 0 atom stereocenters. The molecule has 0 amide bonds. The third-order valence-corrected chi connectivity index (χ3v) is 2.57. The largest absolute Gasteiger partial charge is 0.417 e. The minimum absolute atomic E-state index is 0.353. The average Bonchev–Trinajstić information content (AvgIpc) is 2.34. The fourth-order valence-electron chi connectivity index (χ4n) is 1.51. The quantitative estimate of drug-likeness (QED) is 0.899. The molecule has 1 rings (SSSR count). The highest BCUT2D eigenvalue weighted by atomic mass is 19.4. The van der Waals surface area contributed by atoms with Crippen LogP contribution in [-0.2, 0) is 6.18 Å². The molecule has 18 heavy (non-hydrogen) atoms. The highest BCUT2D eigenvalue weighted by Gasteiger charge is 2.34. The molecular weight excluding hydrogens is 243 g/mol. The predicted octanol–water partition coefficient (Wildman–Crippen LogP) is 2.23. The van der Waals surface area contributed by atoms with Gasteiger partial charge in [-0.15, -0.1) is 0 Å². The Labute approximate surface area is 104 Å². The molecule has 0 bridgehead atoms. The Hall–Kier alpha value is -1.74. The first kappa shape index (κ1) is 14.3. The maximum absolute atomic E-state index is 12.7.